The van der Waals surface area contributed by atoms with E-state index in [9.17, 15) is 0 Å². The fourth-order valence-corrected chi connectivity index (χ4v) is 2.17. The Balaban J connectivity index is 2.00. The van der Waals surface area contributed by atoms with E-state index in [-0.39, 0.29) is 5.54 Å². The third-order valence-electron chi connectivity index (χ3n) is 2.94. The molecular weight excluding hydrogens is 162 g/mol. The van der Waals surface area contributed by atoms with Crippen LogP contribution in [0.3, 0.4) is 0 Å². The lowest BCUT2D eigenvalue weighted by Crippen LogP contribution is -2.18. The lowest BCUT2D eigenvalue weighted by atomic mass is 9.89. The smallest absolute Gasteiger partial charge is 0.187 e. The zero-order valence-electron chi connectivity index (χ0n) is 8.68. The summed E-state index contributed by atoms with van der Waals surface area (Å²) in [7, 11) is 0. The fourth-order valence-electron chi connectivity index (χ4n) is 2.17. The zero-order valence-corrected chi connectivity index (χ0v) is 8.68. The third-order valence-corrected chi connectivity index (χ3v) is 2.94. The number of hydrogen-bond acceptors (Lipinski definition) is 2. The molecule has 1 saturated carbocycles. The summed E-state index contributed by atoms with van der Waals surface area (Å²) < 4.78 is 5.66. The highest BCUT2D eigenvalue weighted by Gasteiger charge is 2.31. The molecule has 0 radical (unpaired) electrons. The third kappa shape index (κ3) is 2.04. The zero-order chi connectivity index (χ0) is 9.31. The molecule has 1 fully saturated rings. The van der Waals surface area contributed by atoms with Crippen LogP contribution in [0.5, 0.6) is 0 Å². The number of ether oxygens (including phenoxy) is 1. The highest BCUT2D eigenvalue weighted by molar-refractivity contribution is 5.80. The van der Waals surface area contributed by atoms with Gasteiger partial charge < -0.3 is 4.74 Å². The quantitative estimate of drug-likeness (QED) is 0.609. The molecule has 0 saturated heterocycles. The molecule has 0 aromatic heterocycles. The van der Waals surface area contributed by atoms with Gasteiger partial charge in [0.25, 0.3) is 0 Å². The Morgan fingerprint density at radius 1 is 1.23 bits per heavy atom. The van der Waals surface area contributed by atoms with Crippen LogP contribution in [0, 0.1) is 5.92 Å². The number of rotatable bonds is 1. The first-order valence-electron chi connectivity index (χ1n) is 5.40. The normalized spacial score (nSPS) is 28.3. The molecule has 1 heterocycles. The van der Waals surface area contributed by atoms with Gasteiger partial charge in [0.1, 0.15) is 6.61 Å². The van der Waals surface area contributed by atoms with Crippen LogP contribution in [0.2, 0.25) is 0 Å². The standard InChI is InChI=1S/C11H19NO/c1-11(2)8-13-10(12-11)9-6-4-3-5-7-9/h9H,3-8H2,1-2H3. The first-order chi connectivity index (χ1) is 6.17. The average Bonchev–Trinajstić information content (AvgIpc) is 2.48. The van der Waals surface area contributed by atoms with Gasteiger partial charge in [-0.25, -0.2) is 4.99 Å². The van der Waals surface area contributed by atoms with Crippen LogP contribution in [0.25, 0.3) is 0 Å². The average molecular weight is 181 g/mol. The van der Waals surface area contributed by atoms with Gasteiger partial charge in [0.15, 0.2) is 5.90 Å². The summed E-state index contributed by atoms with van der Waals surface area (Å²) in [5.74, 6) is 1.68. The van der Waals surface area contributed by atoms with E-state index in [2.05, 4.69) is 18.8 Å². The summed E-state index contributed by atoms with van der Waals surface area (Å²) in [6.45, 7) is 5.06. The predicted molar refractivity (Wildman–Crippen MR) is 54.0 cm³/mol. The van der Waals surface area contributed by atoms with Crippen molar-refractivity contribution in [1.29, 1.82) is 0 Å². The topological polar surface area (TPSA) is 21.6 Å². The predicted octanol–water partition coefficient (Wildman–Crippen LogP) is 2.77. The SMILES string of the molecule is CC1(C)COC(C2CCCCC2)=N1. The Morgan fingerprint density at radius 2 is 1.92 bits per heavy atom. The summed E-state index contributed by atoms with van der Waals surface area (Å²) in [4.78, 5) is 4.64. The van der Waals surface area contributed by atoms with Crippen molar-refractivity contribution in [2.24, 2.45) is 10.9 Å². The van der Waals surface area contributed by atoms with E-state index >= 15 is 0 Å². The minimum atomic E-state index is 0.0345. The van der Waals surface area contributed by atoms with Gasteiger partial charge >= 0.3 is 0 Å². The molecule has 1 aliphatic heterocycles. The largest absolute Gasteiger partial charge is 0.478 e. The Bertz CT molecular complexity index is 214. The maximum Gasteiger partial charge on any atom is 0.187 e. The van der Waals surface area contributed by atoms with Crippen LogP contribution in [0.4, 0.5) is 0 Å². The molecule has 0 spiro atoms. The van der Waals surface area contributed by atoms with Crippen LogP contribution in [0.1, 0.15) is 46.0 Å². The summed E-state index contributed by atoms with van der Waals surface area (Å²) >= 11 is 0. The Labute approximate surface area is 80.4 Å². The molecule has 0 aromatic carbocycles. The van der Waals surface area contributed by atoms with Crippen molar-refractivity contribution in [3.63, 3.8) is 0 Å². The molecular formula is C11H19NO. The van der Waals surface area contributed by atoms with E-state index in [4.69, 9.17) is 4.74 Å². The Morgan fingerprint density at radius 3 is 2.46 bits per heavy atom. The van der Waals surface area contributed by atoms with E-state index in [0.717, 1.165) is 12.5 Å². The van der Waals surface area contributed by atoms with Crippen LogP contribution < -0.4 is 0 Å². The van der Waals surface area contributed by atoms with Crippen LogP contribution in [0.15, 0.2) is 4.99 Å². The van der Waals surface area contributed by atoms with Crippen LogP contribution >= 0.6 is 0 Å². The summed E-state index contributed by atoms with van der Waals surface area (Å²) in [5, 5.41) is 0. The molecule has 1 aliphatic carbocycles. The van der Waals surface area contributed by atoms with Crippen molar-refractivity contribution >= 4 is 5.90 Å². The number of nitrogens with zero attached hydrogens (tertiary/aromatic N) is 1. The first kappa shape index (κ1) is 9.04. The number of aliphatic imine (C=N–C) groups is 1. The lowest BCUT2D eigenvalue weighted by Gasteiger charge is -2.20. The van der Waals surface area contributed by atoms with Crippen molar-refractivity contribution in [2.45, 2.75) is 51.5 Å². The summed E-state index contributed by atoms with van der Waals surface area (Å²) in [6.07, 6.45) is 6.68. The van der Waals surface area contributed by atoms with E-state index in [0.29, 0.717) is 5.92 Å². The Kier molecular flexibility index (Phi) is 2.31. The van der Waals surface area contributed by atoms with Gasteiger partial charge in [-0.05, 0) is 26.7 Å². The molecule has 74 valence electrons. The maximum atomic E-state index is 5.66. The molecule has 2 heteroatoms. The van der Waals surface area contributed by atoms with E-state index in [1.165, 1.54) is 32.1 Å². The molecule has 0 bridgehead atoms. The molecule has 0 N–H and O–H groups in total. The minimum Gasteiger partial charge on any atom is -0.478 e. The van der Waals surface area contributed by atoms with Gasteiger partial charge in [0, 0.05) is 5.92 Å². The molecule has 0 atom stereocenters. The van der Waals surface area contributed by atoms with Gasteiger partial charge in [0.2, 0.25) is 0 Å². The highest BCUT2D eigenvalue weighted by Crippen LogP contribution is 2.29. The van der Waals surface area contributed by atoms with Crippen molar-refractivity contribution in [3.8, 4) is 0 Å². The summed E-state index contributed by atoms with van der Waals surface area (Å²) in [5.41, 5.74) is 0.0345. The first-order valence-corrected chi connectivity index (χ1v) is 5.40. The van der Waals surface area contributed by atoms with Crippen molar-refractivity contribution < 1.29 is 4.74 Å². The molecule has 2 nitrogen and oxygen atoms in total. The van der Waals surface area contributed by atoms with Crippen molar-refractivity contribution in [3.05, 3.63) is 0 Å². The van der Waals surface area contributed by atoms with Gasteiger partial charge in [-0.3, -0.25) is 0 Å². The monoisotopic (exact) mass is 181 g/mol. The minimum absolute atomic E-state index is 0.0345. The Hall–Kier alpha value is -0.530. The van der Waals surface area contributed by atoms with Gasteiger partial charge in [0.05, 0.1) is 5.54 Å². The highest BCUT2D eigenvalue weighted by atomic mass is 16.5. The second-order valence-corrected chi connectivity index (χ2v) is 4.89. The summed E-state index contributed by atoms with van der Waals surface area (Å²) in [6, 6.07) is 0. The molecule has 0 amide bonds. The van der Waals surface area contributed by atoms with E-state index in [1.54, 1.807) is 0 Å². The lowest BCUT2D eigenvalue weighted by molar-refractivity contribution is 0.255. The van der Waals surface area contributed by atoms with Crippen molar-refractivity contribution in [2.75, 3.05) is 6.61 Å². The molecule has 2 rings (SSSR count). The number of hydrogen-bond donors (Lipinski definition) is 0. The van der Waals surface area contributed by atoms with Gasteiger partial charge in [-0.2, -0.15) is 0 Å². The molecule has 0 unspecified atom stereocenters. The maximum absolute atomic E-state index is 5.66. The molecule has 0 aromatic rings. The van der Waals surface area contributed by atoms with Gasteiger partial charge in [-0.15, -0.1) is 0 Å². The van der Waals surface area contributed by atoms with E-state index in [1.807, 2.05) is 0 Å². The van der Waals surface area contributed by atoms with Crippen molar-refractivity contribution in [1.82, 2.24) is 0 Å². The van der Waals surface area contributed by atoms with Crippen LogP contribution in [-0.4, -0.2) is 18.0 Å². The second kappa shape index (κ2) is 3.32. The molecule has 13 heavy (non-hydrogen) atoms. The second-order valence-electron chi connectivity index (χ2n) is 4.89. The van der Waals surface area contributed by atoms with Crippen LogP contribution in [-0.2, 0) is 4.74 Å². The van der Waals surface area contributed by atoms with Gasteiger partial charge in [-0.1, -0.05) is 19.3 Å². The van der Waals surface area contributed by atoms with E-state index < -0.39 is 0 Å². The molecule has 2 aliphatic rings. The fraction of sp³-hybridized carbons (Fsp3) is 0.909.